The van der Waals surface area contributed by atoms with Crippen molar-refractivity contribution in [3.63, 3.8) is 0 Å². The molecule has 1 unspecified atom stereocenters. The number of hydrogen-bond acceptors (Lipinski definition) is 4. The molecule has 0 aliphatic heterocycles. The highest BCUT2D eigenvalue weighted by molar-refractivity contribution is 7.45. The van der Waals surface area contributed by atoms with Crippen molar-refractivity contribution in [2.75, 3.05) is 32.8 Å². The Bertz CT molecular complexity index is 420. The molecule has 0 saturated carbocycles. The molecule has 1 N–H and O–H groups in total. The van der Waals surface area contributed by atoms with E-state index in [1.165, 1.54) is 108 Å². The average Bonchev–Trinajstić information content (AvgIpc) is 2.79. The number of unbranched alkanes of at least 4 members (excludes halogenated alkanes) is 16. The Balaban J connectivity index is 4.06. The van der Waals surface area contributed by atoms with Crippen LogP contribution in [0.25, 0.3) is 0 Å². The van der Waals surface area contributed by atoms with Crippen molar-refractivity contribution in [3.8, 4) is 0 Å². The summed E-state index contributed by atoms with van der Waals surface area (Å²) in [5.41, 5.74) is 0. The standard InChI is InChI=1S/C27H58NO4P/c1-4-7-10-13-16-19-22-26-31-33(29,30)32-27-25-28(23-20-17-14-11-8-5-2)24-21-18-15-12-9-6-3/h4-27H2,1-3H3,(H,29,30). The van der Waals surface area contributed by atoms with Crippen molar-refractivity contribution in [2.24, 2.45) is 0 Å². The van der Waals surface area contributed by atoms with Gasteiger partial charge in [0.25, 0.3) is 7.82 Å². The molecule has 0 spiro atoms. The summed E-state index contributed by atoms with van der Waals surface area (Å²) in [6, 6.07) is 0. The molecule has 1 atom stereocenters. The van der Waals surface area contributed by atoms with Crippen LogP contribution >= 0.6 is 7.82 Å². The van der Waals surface area contributed by atoms with Crippen LogP contribution in [0.2, 0.25) is 0 Å². The molecule has 6 heteroatoms. The second-order valence-electron chi connectivity index (χ2n) is 9.77. The Morgan fingerprint density at radius 3 is 1.33 bits per heavy atom. The van der Waals surface area contributed by atoms with Gasteiger partial charge in [-0.15, -0.1) is 0 Å². The predicted molar refractivity (Wildman–Crippen MR) is 140 cm³/mol. The molecule has 0 fully saturated rings. The van der Waals surface area contributed by atoms with Crippen LogP contribution < -0.4 is 9.79 Å². The first kappa shape index (κ1) is 33.1. The molecule has 0 rings (SSSR count). The highest BCUT2D eigenvalue weighted by atomic mass is 31.2. The Morgan fingerprint density at radius 1 is 0.515 bits per heavy atom. The summed E-state index contributed by atoms with van der Waals surface area (Å²) in [5, 5.41) is 0. The number of phosphoric acid groups is 1. The molecule has 5 nitrogen and oxygen atoms in total. The van der Waals surface area contributed by atoms with Crippen molar-refractivity contribution < 1.29 is 23.4 Å². The zero-order chi connectivity index (χ0) is 24.5. The first-order valence-corrected chi connectivity index (χ1v) is 16.0. The van der Waals surface area contributed by atoms with Crippen molar-refractivity contribution in [2.45, 2.75) is 143 Å². The first-order chi connectivity index (χ1) is 16.1. The number of hydrogen-bond donors (Lipinski definition) is 1. The predicted octanol–water partition coefficient (Wildman–Crippen LogP) is 6.84. The van der Waals surface area contributed by atoms with Crippen LogP contribution in [0.3, 0.4) is 0 Å². The van der Waals surface area contributed by atoms with Crippen LogP contribution in [0.5, 0.6) is 0 Å². The molecule has 0 aromatic rings. The van der Waals surface area contributed by atoms with Crippen LogP contribution in [-0.2, 0) is 13.6 Å². The molecule has 33 heavy (non-hydrogen) atoms. The summed E-state index contributed by atoms with van der Waals surface area (Å²) in [4.78, 5) is 13.6. The van der Waals surface area contributed by atoms with Gasteiger partial charge < -0.3 is 18.8 Å². The lowest BCUT2D eigenvalue weighted by Gasteiger charge is -2.25. The van der Waals surface area contributed by atoms with Crippen LogP contribution in [-0.4, -0.2) is 32.8 Å². The van der Waals surface area contributed by atoms with E-state index >= 15 is 0 Å². The van der Waals surface area contributed by atoms with Gasteiger partial charge in [-0.2, -0.15) is 0 Å². The van der Waals surface area contributed by atoms with Crippen LogP contribution in [0.1, 0.15) is 143 Å². The number of nitrogens with one attached hydrogen (secondary N) is 1. The van der Waals surface area contributed by atoms with Gasteiger partial charge in [-0.3, -0.25) is 4.57 Å². The topological polar surface area (TPSA) is 63.0 Å². The maximum Gasteiger partial charge on any atom is 0.268 e. The summed E-state index contributed by atoms with van der Waals surface area (Å²) < 4.78 is 22.4. The zero-order valence-corrected chi connectivity index (χ0v) is 23.4. The summed E-state index contributed by atoms with van der Waals surface area (Å²) in [6.07, 6.45) is 23.5. The second kappa shape index (κ2) is 25.2. The summed E-state index contributed by atoms with van der Waals surface area (Å²) in [6.45, 7) is 10.2. The maximum atomic E-state index is 12.1. The minimum absolute atomic E-state index is 0.235. The molecular formula is C27H58NO4P. The van der Waals surface area contributed by atoms with Crippen LogP contribution in [0.15, 0.2) is 0 Å². The van der Waals surface area contributed by atoms with Gasteiger partial charge in [-0.05, 0) is 32.1 Å². The largest absolute Gasteiger partial charge is 0.756 e. The molecule has 0 saturated heterocycles. The van der Waals surface area contributed by atoms with E-state index in [-0.39, 0.29) is 13.2 Å². The molecule has 0 radical (unpaired) electrons. The molecule has 0 aliphatic rings. The summed E-state index contributed by atoms with van der Waals surface area (Å²) in [7, 11) is -4.17. The SMILES string of the molecule is CCCCCCCCCOP(=O)([O-])OCC[NH+](CCCCCCCC)CCCCCCCC. The average molecular weight is 492 g/mol. The van der Waals surface area contributed by atoms with Crippen LogP contribution in [0, 0.1) is 0 Å². The lowest BCUT2D eigenvalue weighted by atomic mass is 10.1. The molecule has 0 amide bonds. The molecule has 0 aromatic heterocycles. The van der Waals surface area contributed by atoms with Gasteiger partial charge in [0.05, 0.1) is 19.7 Å². The Kier molecular flexibility index (Phi) is 25.2. The van der Waals surface area contributed by atoms with Crippen LogP contribution in [0.4, 0.5) is 0 Å². The van der Waals surface area contributed by atoms with Gasteiger partial charge in [-0.1, -0.05) is 111 Å². The van der Waals surface area contributed by atoms with E-state index in [0.717, 1.165) is 38.9 Å². The second-order valence-corrected chi connectivity index (χ2v) is 11.2. The van der Waals surface area contributed by atoms with E-state index in [1.54, 1.807) is 0 Å². The monoisotopic (exact) mass is 491 g/mol. The van der Waals surface area contributed by atoms with E-state index in [4.69, 9.17) is 9.05 Å². The molecule has 0 heterocycles. The number of quaternary nitrogens is 1. The van der Waals surface area contributed by atoms with E-state index in [9.17, 15) is 9.46 Å². The van der Waals surface area contributed by atoms with E-state index in [1.807, 2.05) is 0 Å². The minimum atomic E-state index is -4.17. The van der Waals surface area contributed by atoms with E-state index < -0.39 is 7.82 Å². The van der Waals surface area contributed by atoms with E-state index in [0.29, 0.717) is 0 Å². The van der Waals surface area contributed by atoms with Gasteiger partial charge in [-0.25, -0.2) is 0 Å². The lowest BCUT2D eigenvalue weighted by molar-refractivity contribution is -0.900. The Labute approximate surface area is 207 Å². The van der Waals surface area contributed by atoms with Gasteiger partial charge in [0.15, 0.2) is 0 Å². The van der Waals surface area contributed by atoms with Gasteiger partial charge in [0.2, 0.25) is 0 Å². The quantitative estimate of drug-likeness (QED) is 0.101. The Morgan fingerprint density at radius 2 is 0.879 bits per heavy atom. The van der Waals surface area contributed by atoms with Crippen molar-refractivity contribution in [1.82, 2.24) is 0 Å². The van der Waals surface area contributed by atoms with Gasteiger partial charge >= 0.3 is 0 Å². The Hall–Kier alpha value is 0.0700. The number of rotatable bonds is 27. The molecule has 0 aliphatic carbocycles. The fraction of sp³-hybridized carbons (Fsp3) is 1.00. The van der Waals surface area contributed by atoms with Crippen molar-refractivity contribution in [1.29, 1.82) is 0 Å². The van der Waals surface area contributed by atoms with E-state index in [2.05, 4.69) is 20.8 Å². The molecule has 0 aromatic carbocycles. The lowest BCUT2D eigenvalue weighted by Crippen LogP contribution is -3.12. The molecule has 200 valence electrons. The van der Waals surface area contributed by atoms with Crippen molar-refractivity contribution >= 4 is 7.82 Å². The summed E-state index contributed by atoms with van der Waals surface area (Å²) in [5.74, 6) is 0. The smallest absolute Gasteiger partial charge is 0.268 e. The summed E-state index contributed by atoms with van der Waals surface area (Å²) >= 11 is 0. The molecule has 0 bridgehead atoms. The van der Waals surface area contributed by atoms with Gasteiger partial charge in [0, 0.05) is 0 Å². The highest BCUT2D eigenvalue weighted by Crippen LogP contribution is 2.38. The zero-order valence-electron chi connectivity index (χ0n) is 22.6. The third kappa shape index (κ3) is 25.0. The van der Waals surface area contributed by atoms with Gasteiger partial charge in [0.1, 0.15) is 13.2 Å². The normalized spacial score (nSPS) is 13.6. The number of phosphoric ester groups is 1. The first-order valence-electron chi connectivity index (χ1n) is 14.5. The third-order valence-electron chi connectivity index (χ3n) is 6.47. The third-order valence-corrected chi connectivity index (χ3v) is 7.47. The fourth-order valence-electron chi connectivity index (χ4n) is 4.26. The fourth-order valence-corrected chi connectivity index (χ4v) is 5.00. The van der Waals surface area contributed by atoms with Crippen molar-refractivity contribution in [3.05, 3.63) is 0 Å². The minimum Gasteiger partial charge on any atom is -0.756 e. The molecular weight excluding hydrogens is 433 g/mol. The maximum absolute atomic E-state index is 12.1. The highest BCUT2D eigenvalue weighted by Gasteiger charge is 2.13.